The van der Waals surface area contributed by atoms with E-state index in [2.05, 4.69) is 10.0 Å². The molecule has 21 heavy (non-hydrogen) atoms. The summed E-state index contributed by atoms with van der Waals surface area (Å²) in [5.41, 5.74) is 0.850. The zero-order valence-corrected chi connectivity index (χ0v) is 14.3. The summed E-state index contributed by atoms with van der Waals surface area (Å²) in [6.45, 7) is 0.788. The minimum absolute atomic E-state index is 0.148. The number of hydrogen-bond donors (Lipinski definition) is 2. The Morgan fingerprint density at radius 1 is 1.14 bits per heavy atom. The Labute approximate surface area is 138 Å². The van der Waals surface area contributed by atoms with E-state index in [1.165, 1.54) is 17.4 Å². The summed E-state index contributed by atoms with van der Waals surface area (Å²) in [5.74, 6) is 0. The third-order valence-electron chi connectivity index (χ3n) is 2.77. The lowest BCUT2D eigenvalue weighted by Gasteiger charge is -2.08. The van der Waals surface area contributed by atoms with Crippen molar-refractivity contribution in [3.05, 3.63) is 50.1 Å². The number of rotatable bonds is 6. The highest BCUT2D eigenvalue weighted by Gasteiger charge is 2.15. The van der Waals surface area contributed by atoms with Crippen LogP contribution in [0.2, 0.25) is 9.36 Å². The summed E-state index contributed by atoms with van der Waals surface area (Å²) < 4.78 is 27.6. The van der Waals surface area contributed by atoms with Crippen LogP contribution in [0.1, 0.15) is 10.4 Å². The van der Waals surface area contributed by atoms with Gasteiger partial charge in [0.15, 0.2) is 0 Å². The second kappa shape index (κ2) is 7.09. The molecule has 0 atom stereocenters. The number of nitrogens with one attached hydrogen (secondary N) is 2. The van der Waals surface area contributed by atoms with E-state index >= 15 is 0 Å². The first-order valence-electron chi connectivity index (χ1n) is 6.09. The first-order valence-corrected chi connectivity index (χ1v) is 9.15. The van der Waals surface area contributed by atoms with Crippen molar-refractivity contribution in [1.29, 1.82) is 0 Å². The van der Waals surface area contributed by atoms with Crippen molar-refractivity contribution in [2.24, 2.45) is 0 Å². The Kier molecular flexibility index (Phi) is 5.65. The number of halogens is 2. The molecule has 4 nitrogen and oxygen atoms in total. The standard InChI is InChI=1S/C13H14Cl2N2O2S2/c1-16-7-9-2-4-11(6-12(9)14)21(18,19)17-8-10-3-5-13(15)20-10/h2-6,16-17H,7-8H2,1H3. The van der Waals surface area contributed by atoms with Gasteiger partial charge in [-0.1, -0.05) is 29.3 Å². The van der Waals surface area contributed by atoms with E-state index in [9.17, 15) is 8.42 Å². The van der Waals surface area contributed by atoms with E-state index in [1.54, 1.807) is 31.3 Å². The highest BCUT2D eigenvalue weighted by Crippen LogP contribution is 2.23. The van der Waals surface area contributed by atoms with Crippen molar-refractivity contribution in [2.75, 3.05) is 7.05 Å². The third kappa shape index (κ3) is 4.42. The van der Waals surface area contributed by atoms with Gasteiger partial charge in [-0.15, -0.1) is 11.3 Å². The fourth-order valence-corrected chi connectivity index (χ4v) is 4.19. The quantitative estimate of drug-likeness (QED) is 0.826. The molecule has 2 rings (SSSR count). The Balaban J connectivity index is 2.13. The molecule has 1 aromatic carbocycles. The minimum atomic E-state index is -3.59. The lowest BCUT2D eigenvalue weighted by atomic mass is 10.2. The summed E-state index contributed by atoms with van der Waals surface area (Å²) in [5, 5.41) is 3.39. The summed E-state index contributed by atoms with van der Waals surface area (Å²) in [7, 11) is -1.79. The molecule has 8 heteroatoms. The van der Waals surface area contributed by atoms with Crippen LogP contribution in [-0.2, 0) is 23.1 Å². The molecule has 0 aliphatic carbocycles. The molecular formula is C13H14Cl2N2O2S2. The lowest BCUT2D eigenvalue weighted by molar-refractivity contribution is 0.582. The highest BCUT2D eigenvalue weighted by atomic mass is 35.5. The molecule has 0 amide bonds. The Morgan fingerprint density at radius 2 is 1.90 bits per heavy atom. The third-order valence-corrected chi connectivity index (χ3v) is 5.75. The first kappa shape index (κ1) is 16.7. The van der Waals surface area contributed by atoms with Crippen molar-refractivity contribution < 1.29 is 8.42 Å². The van der Waals surface area contributed by atoms with Crippen LogP contribution >= 0.6 is 34.5 Å². The molecule has 2 N–H and O–H groups in total. The van der Waals surface area contributed by atoms with E-state index in [0.717, 1.165) is 10.4 Å². The first-order chi connectivity index (χ1) is 9.92. The van der Waals surface area contributed by atoms with E-state index in [-0.39, 0.29) is 11.4 Å². The van der Waals surface area contributed by atoms with Crippen molar-refractivity contribution in [3.63, 3.8) is 0 Å². The largest absolute Gasteiger partial charge is 0.316 e. The zero-order valence-electron chi connectivity index (χ0n) is 11.2. The fourth-order valence-electron chi connectivity index (χ4n) is 1.73. The molecule has 0 fully saturated rings. The van der Waals surface area contributed by atoms with Gasteiger partial charge in [-0.3, -0.25) is 0 Å². The van der Waals surface area contributed by atoms with Gasteiger partial charge in [0.2, 0.25) is 10.0 Å². The van der Waals surface area contributed by atoms with Gasteiger partial charge in [-0.2, -0.15) is 0 Å². The van der Waals surface area contributed by atoms with Crippen LogP contribution in [0.4, 0.5) is 0 Å². The second-order valence-electron chi connectivity index (χ2n) is 4.31. The van der Waals surface area contributed by atoms with Crippen LogP contribution in [0.15, 0.2) is 35.2 Å². The smallest absolute Gasteiger partial charge is 0.240 e. The van der Waals surface area contributed by atoms with E-state index < -0.39 is 10.0 Å². The van der Waals surface area contributed by atoms with Crippen LogP contribution in [0, 0.1) is 0 Å². The summed E-state index contributed by atoms with van der Waals surface area (Å²) in [6, 6.07) is 8.23. The van der Waals surface area contributed by atoms with E-state index in [0.29, 0.717) is 15.9 Å². The molecule has 0 unspecified atom stereocenters. The van der Waals surface area contributed by atoms with Crippen molar-refractivity contribution in [1.82, 2.24) is 10.0 Å². The van der Waals surface area contributed by atoms with Crippen LogP contribution in [-0.4, -0.2) is 15.5 Å². The van der Waals surface area contributed by atoms with Gasteiger partial charge in [0, 0.05) is 23.0 Å². The summed E-state index contributed by atoms with van der Waals surface area (Å²) in [6.07, 6.45) is 0. The van der Waals surface area contributed by atoms with Gasteiger partial charge in [-0.05, 0) is 36.9 Å². The summed E-state index contributed by atoms with van der Waals surface area (Å²) >= 11 is 13.2. The fraction of sp³-hybridized carbons (Fsp3) is 0.231. The van der Waals surface area contributed by atoms with E-state index in [1.807, 2.05) is 0 Å². The Morgan fingerprint density at radius 3 is 2.48 bits per heavy atom. The zero-order chi connectivity index (χ0) is 15.5. The minimum Gasteiger partial charge on any atom is -0.316 e. The maximum absolute atomic E-state index is 12.2. The number of benzene rings is 1. The van der Waals surface area contributed by atoms with Crippen molar-refractivity contribution in [3.8, 4) is 0 Å². The predicted molar refractivity (Wildman–Crippen MR) is 87.6 cm³/mol. The van der Waals surface area contributed by atoms with Crippen molar-refractivity contribution in [2.45, 2.75) is 18.0 Å². The maximum atomic E-state index is 12.2. The molecule has 114 valence electrons. The number of thiophene rings is 1. The van der Waals surface area contributed by atoms with Crippen LogP contribution < -0.4 is 10.0 Å². The summed E-state index contributed by atoms with van der Waals surface area (Å²) in [4.78, 5) is 0.997. The second-order valence-corrected chi connectivity index (χ2v) is 8.29. The molecule has 0 spiro atoms. The topological polar surface area (TPSA) is 58.2 Å². The van der Waals surface area contributed by atoms with Gasteiger partial charge in [0.25, 0.3) is 0 Å². The molecule has 0 saturated carbocycles. The Bertz CT molecular complexity index is 730. The molecule has 0 saturated heterocycles. The molecule has 1 aromatic heterocycles. The van der Waals surface area contributed by atoms with Gasteiger partial charge in [-0.25, -0.2) is 13.1 Å². The Hall–Kier alpha value is -0.630. The predicted octanol–water partition coefficient (Wildman–Crippen LogP) is 3.25. The van der Waals surface area contributed by atoms with Gasteiger partial charge < -0.3 is 5.32 Å². The highest BCUT2D eigenvalue weighted by molar-refractivity contribution is 7.89. The van der Waals surface area contributed by atoms with Crippen LogP contribution in [0.25, 0.3) is 0 Å². The monoisotopic (exact) mass is 364 g/mol. The average Bonchev–Trinajstić information content (AvgIpc) is 2.85. The average molecular weight is 365 g/mol. The van der Waals surface area contributed by atoms with Crippen molar-refractivity contribution >= 4 is 44.6 Å². The van der Waals surface area contributed by atoms with Crippen LogP contribution in [0.3, 0.4) is 0 Å². The molecular weight excluding hydrogens is 351 g/mol. The number of hydrogen-bond acceptors (Lipinski definition) is 4. The number of sulfonamides is 1. The molecule has 2 aromatic rings. The maximum Gasteiger partial charge on any atom is 0.240 e. The van der Waals surface area contributed by atoms with Crippen LogP contribution in [0.5, 0.6) is 0 Å². The van der Waals surface area contributed by atoms with Gasteiger partial charge in [0.1, 0.15) is 0 Å². The molecule has 0 bridgehead atoms. The van der Waals surface area contributed by atoms with Gasteiger partial charge >= 0.3 is 0 Å². The van der Waals surface area contributed by atoms with Gasteiger partial charge in [0.05, 0.1) is 9.23 Å². The lowest BCUT2D eigenvalue weighted by Crippen LogP contribution is -2.23. The normalized spacial score (nSPS) is 11.8. The molecule has 0 radical (unpaired) electrons. The van der Waals surface area contributed by atoms with E-state index in [4.69, 9.17) is 23.2 Å². The molecule has 1 heterocycles. The SMILES string of the molecule is CNCc1ccc(S(=O)(=O)NCc2ccc(Cl)s2)cc1Cl. The molecule has 0 aliphatic rings. The molecule has 0 aliphatic heterocycles.